The molecular formula is C19H26BrN5O2. The summed E-state index contributed by atoms with van der Waals surface area (Å²) < 4.78 is 6.26. The molecule has 0 aliphatic heterocycles. The van der Waals surface area contributed by atoms with Gasteiger partial charge in [-0.3, -0.25) is 4.79 Å². The van der Waals surface area contributed by atoms with E-state index in [1.54, 1.807) is 0 Å². The minimum absolute atomic E-state index is 0.0579. The van der Waals surface area contributed by atoms with Crippen molar-refractivity contribution in [2.24, 2.45) is 4.99 Å². The van der Waals surface area contributed by atoms with Crippen molar-refractivity contribution in [3.8, 4) is 0 Å². The van der Waals surface area contributed by atoms with Gasteiger partial charge >= 0.3 is 0 Å². The van der Waals surface area contributed by atoms with Gasteiger partial charge in [-0.15, -0.1) is 0 Å². The number of carbonyl (C=O) groups is 1. The van der Waals surface area contributed by atoms with Crippen LogP contribution in [-0.2, 0) is 11.3 Å². The van der Waals surface area contributed by atoms with E-state index in [1.165, 1.54) is 0 Å². The first-order chi connectivity index (χ1) is 13.0. The van der Waals surface area contributed by atoms with Crippen molar-refractivity contribution >= 4 is 33.5 Å². The van der Waals surface area contributed by atoms with Crippen LogP contribution in [-0.4, -0.2) is 30.1 Å². The van der Waals surface area contributed by atoms with Crippen molar-refractivity contribution < 1.29 is 9.32 Å². The number of amides is 1. The van der Waals surface area contributed by atoms with Crippen molar-refractivity contribution in [1.82, 2.24) is 15.8 Å². The predicted octanol–water partition coefficient (Wildman–Crippen LogP) is 3.64. The Bertz CT molecular complexity index is 756. The second kappa shape index (κ2) is 10.7. The minimum atomic E-state index is -0.0579. The molecule has 2 aromatic rings. The third kappa shape index (κ3) is 7.42. The summed E-state index contributed by atoms with van der Waals surface area (Å²) in [6.07, 6.45) is 0.334. The fourth-order valence-corrected chi connectivity index (χ4v) is 2.49. The molecule has 146 valence electrons. The summed E-state index contributed by atoms with van der Waals surface area (Å²) in [4.78, 5) is 16.5. The Morgan fingerprint density at radius 3 is 2.63 bits per heavy atom. The molecule has 0 bridgehead atoms. The predicted molar refractivity (Wildman–Crippen MR) is 111 cm³/mol. The number of rotatable bonds is 8. The Kier molecular flexibility index (Phi) is 8.32. The second-order valence-corrected chi connectivity index (χ2v) is 7.22. The van der Waals surface area contributed by atoms with Crippen molar-refractivity contribution in [3.63, 3.8) is 0 Å². The molecule has 0 saturated carbocycles. The SMILES string of the molecule is CCNC(=NCc1cc(C(C)C)no1)NCCC(=O)Nc1ccc(Br)cc1. The molecule has 1 aromatic heterocycles. The van der Waals surface area contributed by atoms with Gasteiger partial charge in [-0.1, -0.05) is 34.9 Å². The number of halogens is 1. The first-order valence-corrected chi connectivity index (χ1v) is 9.80. The molecule has 0 saturated heterocycles. The van der Waals surface area contributed by atoms with Gasteiger partial charge in [-0.25, -0.2) is 4.99 Å². The first-order valence-electron chi connectivity index (χ1n) is 9.01. The normalized spacial score (nSPS) is 11.5. The topological polar surface area (TPSA) is 91.6 Å². The molecule has 0 atom stereocenters. The van der Waals surface area contributed by atoms with E-state index in [0.29, 0.717) is 37.1 Å². The Balaban J connectivity index is 1.80. The van der Waals surface area contributed by atoms with Crippen LogP contribution in [0.25, 0.3) is 0 Å². The lowest BCUT2D eigenvalue weighted by Crippen LogP contribution is -2.38. The number of nitrogens with one attached hydrogen (secondary N) is 3. The Morgan fingerprint density at radius 2 is 2.00 bits per heavy atom. The molecule has 0 aliphatic rings. The average molecular weight is 436 g/mol. The number of benzene rings is 1. The van der Waals surface area contributed by atoms with Crippen molar-refractivity contribution in [3.05, 3.63) is 46.3 Å². The van der Waals surface area contributed by atoms with Gasteiger partial charge in [0.2, 0.25) is 5.91 Å². The molecule has 27 heavy (non-hydrogen) atoms. The van der Waals surface area contributed by atoms with Gasteiger partial charge in [0.25, 0.3) is 0 Å². The van der Waals surface area contributed by atoms with Gasteiger partial charge in [0, 0.05) is 35.7 Å². The number of carbonyl (C=O) groups excluding carboxylic acids is 1. The quantitative estimate of drug-likeness (QED) is 0.434. The van der Waals surface area contributed by atoms with E-state index >= 15 is 0 Å². The van der Waals surface area contributed by atoms with E-state index in [1.807, 2.05) is 37.3 Å². The number of guanidine groups is 1. The fourth-order valence-electron chi connectivity index (χ4n) is 2.23. The molecule has 7 nitrogen and oxygen atoms in total. The number of hydrogen-bond acceptors (Lipinski definition) is 4. The first kappa shape index (κ1) is 21.0. The van der Waals surface area contributed by atoms with Gasteiger partial charge in [0.1, 0.15) is 6.54 Å². The molecule has 1 heterocycles. The van der Waals surface area contributed by atoms with Crippen LogP contribution in [0.2, 0.25) is 0 Å². The van der Waals surface area contributed by atoms with Crippen LogP contribution in [0.5, 0.6) is 0 Å². The maximum atomic E-state index is 12.0. The summed E-state index contributed by atoms with van der Waals surface area (Å²) in [7, 11) is 0. The third-order valence-electron chi connectivity index (χ3n) is 3.68. The Labute approximate surface area is 168 Å². The van der Waals surface area contributed by atoms with Gasteiger partial charge < -0.3 is 20.5 Å². The molecular weight excluding hydrogens is 410 g/mol. The standard InChI is InChI=1S/C19H26BrN5O2/c1-4-21-19(23-12-16-11-17(13(2)3)25-27-16)22-10-9-18(26)24-15-7-5-14(20)6-8-15/h5-8,11,13H,4,9-10,12H2,1-3H3,(H,24,26)(H2,21,22,23). The molecule has 1 aromatic carbocycles. The molecule has 0 radical (unpaired) electrons. The fraction of sp³-hybridized carbons (Fsp3) is 0.421. The number of anilines is 1. The van der Waals surface area contributed by atoms with Crippen molar-refractivity contribution in [1.29, 1.82) is 0 Å². The van der Waals surface area contributed by atoms with Crippen LogP contribution < -0.4 is 16.0 Å². The number of nitrogens with zero attached hydrogens (tertiary/aromatic N) is 2. The lowest BCUT2D eigenvalue weighted by Gasteiger charge is -2.11. The highest BCUT2D eigenvalue weighted by molar-refractivity contribution is 9.10. The van der Waals surface area contributed by atoms with Crippen LogP contribution >= 0.6 is 15.9 Å². The zero-order valence-electron chi connectivity index (χ0n) is 15.9. The van der Waals surface area contributed by atoms with Crippen molar-refractivity contribution in [2.75, 3.05) is 18.4 Å². The van der Waals surface area contributed by atoms with Crippen LogP contribution in [0.1, 0.15) is 44.6 Å². The summed E-state index contributed by atoms with van der Waals surface area (Å²) in [5.41, 5.74) is 1.69. The lowest BCUT2D eigenvalue weighted by molar-refractivity contribution is -0.116. The summed E-state index contributed by atoms with van der Waals surface area (Å²) in [6.45, 7) is 7.71. The number of hydrogen-bond donors (Lipinski definition) is 3. The van der Waals surface area contributed by atoms with E-state index in [0.717, 1.165) is 22.4 Å². The van der Waals surface area contributed by atoms with Crippen LogP contribution in [0.3, 0.4) is 0 Å². The molecule has 0 unspecified atom stereocenters. The van der Waals surface area contributed by atoms with Crippen LogP contribution in [0, 0.1) is 0 Å². The average Bonchev–Trinajstić information content (AvgIpc) is 3.11. The minimum Gasteiger partial charge on any atom is -0.359 e. The van der Waals surface area contributed by atoms with E-state index in [4.69, 9.17) is 4.52 Å². The van der Waals surface area contributed by atoms with Crippen LogP contribution in [0.15, 0.2) is 44.3 Å². The monoisotopic (exact) mass is 435 g/mol. The zero-order valence-corrected chi connectivity index (χ0v) is 17.5. The molecule has 0 spiro atoms. The maximum Gasteiger partial charge on any atom is 0.226 e. The highest BCUT2D eigenvalue weighted by Crippen LogP contribution is 2.15. The summed E-state index contributed by atoms with van der Waals surface area (Å²) >= 11 is 3.37. The zero-order chi connectivity index (χ0) is 19.6. The van der Waals surface area contributed by atoms with Gasteiger partial charge in [-0.05, 0) is 37.1 Å². The van der Waals surface area contributed by atoms with Gasteiger partial charge in [-0.2, -0.15) is 0 Å². The highest BCUT2D eigenvalue weighted by Gasteiger charge is 2.08. The lowest BCUT2D eigenvalue weighted by atomic mass is 10.1. The molecule has 0 fully saturated rings. The summed E-state index contributed by atoms with van der Waals surface area (Å²) in [5.74, 6) is 1.61. The van der Waals surface area contributed by atoms with Gasteiger partial charge in [0.15, 0.2) is 11.7 Å². The second-order valence-electron chi connectivity index (χ2n) is 6.30. The number of aliphatic imine (C=N–C) groups is 1. The highest BCUT2D eigenvalue weighted by atomic mass is 79.9. The molecule has 3 N–H and O–H groups in total. The molecule has 8 heteroatoms. The van der Waals surface area contributed by atoms with E-state index in [9.17, 15) is 4.79 Å². The maximum absolute atomic E-state index is 12.0. The smallest absolute Gasteiger partial charge is 0.226 e. The molecule has 1 amide bonds. The van der Waals surface area contributed by atoms with E-state index in [2.05, 4.69) is 55.9 Å². The molecule has 0 aliphatic carbocycles. The van der Waals surface area contributed by atoms with Gasteiger partial charge in [0.05, 0.1) is 5.69 Å². The van der Waals surface area contributed by atoms with Crippen LogP contribution in [0.4, 0.5) is 5.69 Å². The van der Waals surface area contributed by atoms with Crippen molar-refractivity contribution in [2.45, 2.75) is 39.7 Å². The largest absolute Gasteiger partial charge is 0.359 e. The van der Waals surface area contributed by atoms with E-state index in [-0.39, 0.29) is 5.91 Å². The Hall–Kier alpha value is -2.35. The molecule has 2 rings (SSSR count). The Morgan fingerprint density at radius 1 is 1.26 bits per heavy atom. The summed E-state index contributed by atoms with van der Waals surface area (Å²) in [6, 6.07) is 9.40. The third-order valence-corrected chi connectivity index (χ3v) is 4.21. The van der Waals surface area contributed by atoms with E-state index < -0.39 is 0 Å². The number of aromatic nitrogens is 1. The summed E-state index contributed by atoms with van der Waals surface area (Å²) in [5, 5.41) is 13.2.